The van der Waals surface area contributed by atoms with Crippen LogP contribution in [0.25, 0.3) is 0 Å². The molecule has 0 aromatic rings. The van der Waals surface area contributed by atoms with Crippen LogP contribution < -0.4 is 5.32 Å². The van der Waals surface area contributed by atoms with Crippen LogP contribution >= 0.6 is 0 Å². The van der Waals surface area contributed by atoms with Gasteiger partial charge in [-0.1, -0.05) is 27.7 Å². The predicted octanol–water partition coefficient (Wildman–Crippen LogP) is 2.82. The third-order valence-electron chi connectivity index (χ3n) is 5.00. The van der Waals surface area contributed by atoms with Gasteiger partial charge in [0, 0.05) is 31.7 Å². The highest BCUT2D eigenvalue weighted by Crippen LogP contribution is 2.30. The molecular formula is C17H37N3. The molecule has 1 heterocycles. The second-order valence-electron chi connectivity index (χ2n) is 7.27. The fourth-order valence-corrected chi connectivity index (χ4v) is 3.36. The van der Waals surface area contributed by atoms with Crippen molar-refractivity contribution in [3.05, 3.63) is 0 Å². The molecule has 3 nitrogen and oxygen atoms in total. The maximum absolute atomic E-state index is 3.68. The van der Waals surface area contributed by atoms with E-state index in [9.17, 15) is 0 Å². The molecule has 1 unspecified atom stereocenters. The number of nitrogens with one attached hydrogen (secondary N) is 1. The lowest BCUT2D eigenvalue weighted by molar-refractivity contribution is 0.110. The van der Waals surface area contributed by atoms with E-state index in [-0.39, 0.29) is 0 Å². The van der Waals surface area contributed by atoms with Gasteiger partial charge in [0.2, 0.25) is 0 Å². The van der Waals surface area contributed by atoms with Crippen molar-refractivity contribution in [2.75, 3.05) is 40.3 Å². The minimum absolute atomic E-state index is 0.444. The Morgan fingerprint density at radius 3 is 2.40 bits per heavy atom. The van der Waals surface area contributed by atoms with Crippen LogP contribution in [0.5, 0.6) is 0 Å². The third kappa shape index (κ3) is 5.34. The fourth-order valence-electron chi connectivity index (χ4n) is 3.36. The standard InChI is InChI=1S/C17H37N3/c1-7-17(8-2,13-18-15(3)4)14-20-11-9-10-16(20)12-19(5)6/h15-16,18H,7-14H2,1-6H3. The summed E-state index contributed by atoms with van der Waals surface area (Å²) < 4.78 is 0. The van der Waals surface area contributed by atoms with E-state index < -0.39 is 0 Å². The molecule has 1 aliphatic rings. The van der Waals surface area contributed by atoms with E-state index >= 15 is 0 Å². The van der Waals surface area contributed by atoms with Crippen molar-refractivity contribution in [1.29, 1.82) is 0 Å². The van der Waals surface area contributed by atoms with Gasteiger partial charge < -0.3 is 10.2 Å². The second-order valence-corrected chi connectivity index (χ2v) is 7.27. The summed E-state index contributed by atoms with van der Waals surface area (Å²) in [4.78, 5) is 5.10. The molecule has 1 saturated heterocycles. The predicted molar refractivity (Wildman–Crippen MR) is 89.3 cm³/mol. The number of likely N-dealkylation sites (N-methyl/N-ethyl adjacent to an activating group) is 1. The maximum atomic E-state index is 3.68. The van der Waals surface area contributed by atoms with Gasteiger partial charge >= 0.3 is 0 Å². The number of likely N-dealkylation sites (tertiary alicyclic amines) is 1. The van der Waals surface area contributed by atoms with E-state index in [4.69, 9.17) is 0 Å². The first-order valence-electron chi connectivity index (χ1n) is 8.54. The summed E-state index contributed by atoms with van der Waals surface area (Å²) in [6.07, 6.45) is 5.29. The van der Waals surface area contributed by atoms with E-state index in [0.29, 0.717) is 11.5 Å². The molecular weight excluding hydrogens is 246 g/mol. The normalized spacial score (nSPS) is 21.3. The Bertz CT molecular complexity index is 259. The zero-order valence-electron chi connectivity index (χ0n) is 14.7. The number of hydrogen-bond donors (Lipinski definition) is 1. The molecule has 0 saturated carbocycles. The molecule has 1 fully saturated rings. The van der Waals surface area contributed by atoms with Crippen LogP contribution in [-0.2, 0) is 0 Å². The highest BCUT2D eigenvalue weighted by Gasteiger charge is 2.33. The van der Waals surface area contributed by atoms with Crippen molar-refractivity contribution in [3.63, 3.8) is 0 Å². The van der Waals surface area contributed by atoms with Gasteiger partial charge in [-0.05, 0) is 51.7 Å². The summed E-state index contributed by atoms with van der Waals surface area (Å²) >= 11 is 0. The highest BCUT2D eigenvalue weighted by molar-refractivity contribution is 4.89. The zero-order valence-corrected chi connectivity index (χ0v) is 14.7. The molecule has 1 N–H and O–H groups in total. The summed E-state index contributed by atoms with van der Waals surface area (Å²) in [5.74, 6) is 0. The van der Waals surface area contributed by atoms with Gasteiger partial charge in [0.25, 0.3) is 0 Å². The van der Waals surface area contributed by atoms with Gasteiger partial charge in [-0.25, -0.2) is 0 Å². The third-order valence-corrected chi connectivity index (χ3v) is 5.00. The van der Waals surface area contributed by atoms with Gasteiger partial charge in [-0.2, -0.15) is 0 Å². The van der Waals surface area contributed by atoms with E-state index in [2.05, 4.69) is 56.9 Å². The molecule has 20 heavy (non-hydrogen) atoms. The molecule has 0 amide bonds. The SMILES string of the molecule is CCC(CC)(CNC(C)C)CN1CCCC1CN(C)C. The van der Waals surface area contributed by atoms with Crippen LogP contribution in [-0.4, -0.2) is 62.2 Å². The molecule has 0 aliphatic carbocycles. The zero-order chi connectivity index (χ0) is 15.2. The van der Waals surface area contributed by atoms with Crippen molar-refractivity contribution in [2.24, 2.45) is 5.41 Å². The quantitative estimate of drug-likeness (QED) is 0.702. The maximum Gasteiger partial charge on any atom is 0.0223 e. The molecule has 1 aliphatic heterocycles. The Kier molecular flexibility index (Phi) is 7.49. The molecule has 3 heteroatoms. The van der Waals surface area contributed by atoms with Crippen LogP contribution in [0, 0.1) is 5.41 Å². The first-order chi connectivity index (χ1) is 9.42. The van der Waals surface area contributed by atoms with Crippen LogP contribution in [0.3, 0.4) is 0 Å². The van der Waals surface area contributed by atoms with Crippen LogP contribution in [0.2, 0.25) is 0 Å². The van der Waals surface area contributed by atoms with E-state index in [0.717, 1.165) is 12.6 Å². The average Bonchev–Trinajstić information content (AvgIpc) is 2.80. The van der Waals surface area contributed by atoms with Gasteiger partial charge in [0.1, 0.15) is 0 Å². The molecule has 1 rings (SSSR count). The van der Waals surface area contributed by atoms with Gasteiger partial charge in [0.15, 0.2) is 0 Å². The first-order valence-corrected chi connectivity index (χ1v) is 8.54. The highest BCUT2D eigenvalue weighted by atomic mass is 15.2. The van der Waals surface area contributed by atoms with Crippen molar-refractivity contribution >= 4 is 0 Å². The lowest BCUT2D eigenvalue weighted by Crippen LogP contribution is -2.48. The smallest absolute Gasteiger partial charge is 0.0223 e. The largest absolute Gasteiger partial charge is 0.314 e. The Morgan fingerprint density at radius 2 is 1.90 bits per heavy atom. The average molecular weight is 284 g/mol. The second kappa shape index (κ2) is 8.35. The fraction of sp³-hybridized carbons (Fsp3) is 1.00. The van der Waals surface area contributed by atoms with E-state index in [1.807, 2.05) is 0 Å². The molecule has 1 atom stereocenters. The molecule has 0 spiro atoms. The Balaban J connectivity index is 2.63. The summed E-state index contributed by atoms with van der Waals surface area (Å²) in [6.45, 7) is 14.1. The van der Waals surface area contributed by atoms with Gasteiger partial charge in [-0.15, -0.1) is 0 Å². The Morgan fingerprint density at radius 1 is 1.25 bits per heavy atom. The molecule has 120 valence electrons. The van der Waals surface area contributed by atoms with E-state index in [1.54, 1.807) is 0 Å². The Labute approximate surface area is 127 Å². The topological polar surface area (TPSA) is 18.5 Å². The summed E-state index contributed by atoms with van der Waals surface area (Å²) in [5, 5.41) is 3.68. The number of rotatable bonds is 9. The summed E-state index contributed by atoms with van der Waals surface area (Å²) in [5.41, 5.74) is 0.444. The monoisotopic (exact) mass is 283 g/mol. The van der Waals surface area contributed by atoms with Crippen molar-refractivity contribution < 1.29 is 0 Å². The van der Waals surface area contributed by atoms with Crippen LogP contribution in [0.4, 0.5) is 0 Å². The molecule has 0 radical (unpaired) electrons. The van der Waals surface area contributed by atoms with Crippen LogP contribution in [0.15, 0.2) is 0 Å². The minimum atomic E-state index is 0.444. The lowest BCUT2D eigenvalue weighted by atomic mass is 9.81. The van der Waals surface area contributed by atoms with Gasteiger partial charge in [0.05, 0.1) is 0 Å². The number of nitrogens with zero attached hydrogens (tertiary/aromatic N) is 2. The first kappa shape index (κ1) is 17.9. The van der Waals surface area contributed by atoms with Crippen LogP contribution in [0.1, 0.15) is 53.4 Å². The van der Waals surface area contributed by atoms with Crippen molar-refractivity contribution in [3.8, 4) is 0 Å². The minimum Gasteiger partial charge on any atom is -0.314 e. The van der Waals surface area contributed by atoms with Crippen molar-refractivity contribution in [2.45, 2.75) is 65.5 Å². The molecule has 0 aromatic heterocycles. The summed E-state index contributed by atoms with van der Waals surface area (Å²) in [7, 11) is 4.40. The molecule has 0 bridgehead atoms. The van der Waals surface area contributed by atoms with Gasteiger partial charge in [-0.3, -0.25) is 4.90 Å². The lowest BCUT2D eigenvalue weighted by Gasteiger charge is -2.39. The molecule has 0 aromatic carbocycles. The number of hydrogen-bond acceptors (Lipinski definition) is 3. The summed E-state index contributed by atoms with van der Waals surface area (Å²) in [6, 6.07) is 1.35. The van der Waals surface area contributed by atoms with E-state index in [1.165, 1.54) is 45.3 Å². The Hall–Kier alpha value is -0.120. The van der Waals surface area contributed by atoms with Crippen molar-refractivity contribution in [1.82, 2.24) is 15.1 Å².